The SMILES string of the molecule is CCCCCSc1ccc(CC(C)N)cn1. The van der Waals surface area contributed by atoms with E-state index in [0.717, 1.165) is 11.4 Å². The number of pyridine rings is 1. The summed E-state index contributed by atoms with van der Waals surface area (Å²) in [5, 5.41) is 1.13. The third kappa shape index (κ3) is 5.52. The fourth-order valence-electron chi connectivity index (χ4n) is 1.52. The van der Waals surface area contributed by atoms with Gasteiger partial charge in [-0.25, -0.2) is 4.98 Å². The van der Waals surface area contributed by atoms with Crippen molar-refractivity contribution >= 4 is 11.8 Å². The van der Waals surface area contributed by atoms with E-state index in [2.05, 4.69) is 24.0 Å². The molecular formula is C13H22N2S. The minimum atomic E-state index is 0.213. The molecule has 16 heavy (non-hydrogen) atoms. The van der Waals surface area contributed by atoms with Crippen molar-refractivity contribution in [3.63, 3.8) is 0 Å². The highest BCUT2D eigenvalue weighted by molar-refractivity contribution is 7.99. The molecule has 0 spiro atoms. The van der Waals surface area contributed by atoms with Crippen LogP contribution < -0.4 is 5.73 Å². The van der Waals surface area contributed by atoms with Crippen LogP contribution in [-0.4, -0.2) is 16.8 Å². The number of hydrogen-bond acceptors (Lipinski definition) is 3. The van der Waals surface area contributed by atoms with Gasteiger partial charge in [-0.3, -0.25) is 0 Å². The standard InChI is InChI=1S/C13H22N2S/c1-3-4-5-8-16-13-7-6-12(10-15-13)9-11(2)14/h6-7,10-11H,3-5,8-9,14H2,1-2H3. The van der Waals surface area contributed by atoms with E-state index in [9.17, 15) is 0 Å². The van der Waals surface area contributed by atoms with Crippen LogP contribution in [-0.2, 0) is 6.42 Å². The van der Waals surface area contributed by atoms with E-state index >= 15 is 0 Å². The van der Waals surface area contributed by atoms with Gasteiger partial charge < -0.3 is 5.73 Å². The van der Waals surface area contributed by atoms with Crippen LogP contribution in [0.25, 0.3) is 0 Å². The van der Waals surface area contributed by atoms with E-state index in [1.807, 2.05) is 24.9 Å². The minimum Gasteiger partial charge on any atom is -0.328 e. The van der Waals surface area contributed by atoms with Crippen LogP contribution in [0.1, 0.15) is 38.7 Å². The summed E-state index contributed by atoms with van der Waals surface area (Å²) in [5.41, 5.74) is 6.97. The number of rotatable bonds is 7. The zero-order chi connectivity index (χ0) is 11.8. The van der Waals surface area contributed by atoms with Crippen molar-refractivity contribution < 1.29 is 0 Å². The Labute approximate surface area is 103 Å². The van der Waals surface area contributed by atoms with Gasteiger partial charge in [0.25, 0.3) is 0 Å². The Kier molecular flexibility index (Phi) is 6.50. The number of hydrogen-bond donors (Lipinski definition) is 1. The van der Waals surface area contributed by atoms with Crippen LogP contribution in [0, 0.1) is 0 Å². The Morgan fingerprint density at radius 3 is 2.75 bits per heavy atom. The van der Waals surface area contributed by atoms with Gasteiger partial charge in [0.05, 0.1) is 5.03 Å². The van der Waals surface area contributed by atoms with Crippen LogP contribution in [0.5, 0.6) is 0 Å². The highest BCUT2D eigenvalue weighted by atomic mass is 32.2. The van der Waals surface area contributed by atoms with Gasteiger partial charge in [0.2, 0.25) is 0 Å². The van der Waals surface area contributed by atoms with E-state index in [1.165, 1.54) is 30.6 Å². The van der Waals surface area contributed by atoms with E-state index in [-0.39, 0.29) is 6.04 Å². The van der Waals surface area contributed by atoms with Crippen LogP contribution >= 0.6 is 11.8 Å². The maximum absolute atomic E-state index is 5.74. The first-order valence-electron chi connectivity index (χ1n) is 6.05. The predicted molar refractivity (Wildman–Crippen MR) is 71.8 cm³/mol. The van der Waals surface area contributed by atoms with Crippen molar-refractivity contribution in [2.75, 3.05) is 5.75 Å². The average molecular weight is 238 g/mol. The van der Waals surface area contributed by atoms with E-state index in [0.29, 0.717) is 0 Å². The maximum atomic E-state index is 5.74. The lowest BCUT2D eigenvalue weighted by Crippen LogP contribution is -2.17. The monoisotopic (exact) mass is 238 g/mol. The summed E-state index contributed by atoms with van der Waals surface area (Å²) in [4.78, 5) is 4.44. The number of nitrogens with two attached hydrogens (primary N) is 1. The lowest BCUT2D eigenvalue weighted by Gasteiger charge is -2.05. The van der Waals surface area contributed by atoms with E-state index in [1.54, 1.807) is 0 Å². The van der Waals surface area contributed by atoms with Gasteiger partial charge in [0.15, 0.2) is 0 Å². The second-order valence-corrected chi connectivity index (χ2v) is 5.36. The Bertz CT molecular complexity index is 282. The first-order valence-corrected chi connectivity index (χ1v) is 7.04. The molecule has 0 saturated heterocycles. The molecule has 0 aromatic carbocycles. The van der Waals surface area contributed by atoms with Gasteiger partial charge in [-0.15, -0.1) is 11.8 Å². The van der Waals surface area contributed by atoms with Crippen molar-refractivity contribution in [1.82, 2.24) is 4.98 Å². The molecule has 3 heteroatoms. The fourth-order valence-corrected chi connectivity index (χ4v) is 2.37. The van der Waals surface area contributed by atoms with Crippen molar-refractivity contribution in [1.29, 1.82) is 0 Å². The third-order valence-electron chi connectivity index (χ3n) is 2.35. The topological polar surface area (TPSA) is 38.9 Å². The van der Waals surface area contributed by atoms with Crippen molar-refractivity contribution in [3.05, 3.63) is 23.9 Å². The number of thioether (sulfide) groups is 1. The van der Waals surface area contributed by atoms with Gasteiger partial charge in [-0.1, -0.05) is 25.8 Å². The van der Waals surface area contributed by atoms with Gasteiger partial charge in [0, 0.05) is 12.2 Å². The average Bonchev–Trinajstić information content (AvgIpc) is 2.26. The van der Waals surface area contributed by atoms with Crippen LogP contribution in [0.4, 0.5) is 0 Å². The normalized spacial score (nSPS) is 12.7. The Morgan fingerprint density at radius 1 is 1.38 bits per heavy atom. The zero-order valence-electron chi connectivity index (χ0n) is 10.3. The first-order chi connectivity index (χ1) is 7.72. The van der Waals surface area contributed by atoms with E-state index in [4.69, 9.17) is 5.73 Å². The Balaban J connectivity index is 2.33. The van der Waals surface area contributed by atoms with Gasteiger partial charge in [-0.2, -0.15) is 0 Å². The lowest BCUT2D eigenvalue weighted by atomic mass is 10.1. The van der Waals surface area contributed by atoms with Crippen LogP contribution in [0.2, 0.25) is 0 Å². The molecule has 0 bridgehead atoms. The van der Waals surface area contributed by atoms with Crippen molar-refractivity contribution in [3.8, 4) is 0 Å². The molecule has 1 unspecified atom stereocenters. The van der Waals surface area contributed by atoms with Crippen molar-refractivity contribution in [2.45, 2.75) is 50.6 Å². The highest BCUT2D eigenvalue weighted by Crippen LogP contribution is 2.17. The number of unbranched alkanes of at least 4 members (excludes halogenated alkanes) is 2. The molecule has 1 rings (SSSR count). The van der Waals surface area contributed by atoms with Crippen LogP contribution in [0.3, 0.4) is 0 Å². The molecule has 0 saturated carbocycles. The summed E-state index contributed by atoms with van der Waals surface area (Å²) < 4.78 is 0. The molecule has 0 amide bonds. The van der Waals surface area contributed by atoms with Gasteiger partial charge >= 0.3 is 0 Å². The molecule has 0 aliphatic rings. The van der Waals surface area contributed by atoms with Crippen LogP contribution in [0.15, 0.2) is 23.4 Å². The number of aromatic nitrogens is 1. The summed E-state index contributed by atoms with van der Waals surface area (Å²) >= 11 is 1.85. The lowest BCUT2D eigenvalue weighted by molar-refractivity contribution is 0.734. The molecule has 1 aromatic rings. The molecule has 0 aliphatic carbocycles. The molecule has 0 fully saturated rings. The second-order valence-electron chi connectivity index (χ2n) is 4.24. The van der Waals surface area contributed by atoms with Gasteiger partial charge in [-0.05, 0) is 37.1 Å². The molecule has 2 N–H and O–H groups in total. The van der Waals surface area contributed by atoms with Crippen molar-refractivity contribution in [2.24, 2.45) is 5.73 Å². The molecule has 1 aromatic heterocycles. The molecular weight excluding hydrogens is 216 g/mol. The Hall–Kier alpha value is -0.540. The molecule has 1 atom stereocenters. The largest absolute Gasteiger partial charge is 0.328 e. The second kappa shape index (κ2) is 7.69. The Morgan fingerprint density at radius 2 is 2.19 bits per heavy atom. The smallest absolute Gasteiger partial charge is 0.0960 e. The molecule has 90 valence electrons. The maximum Gasteiger partial charge on any atom is 0.0960 e. The molecule has 2 nitrogen and oxygen atoms in total. The number of nitrogens with zero attached hydrogens (tertiary/aromatic N) is 1. The molecule has 0 radical (unpaired) electrons. The summed E-state index contributed by atoms with van der Waals surface area (Å²) in [6, 6.07) is 4.46. The minimum absolute atomic E-state index is 0.213. The van der Waals surface area contributed by atoms with Gasteiger partial charge in [0.1, 0.15) is 0 Å². The highest BCUT2D eigenvalue weighted by Gasteiger charge is 1.99. The summed E-state index contributed by atoms with van der Waals surface area (Å²) in [7, 11) is 0. The summed E-state index contributed by atoms with van der Waals surface area (Å²) in [5.74, 6) is 1.17. The summed E-state index contributed by atoms with van der Waals surface area (Å²) in [6.07, 6.45) is 6.74. The predicted octanol–water partition coefficient (Wildman–Crippen LogP) is 3.25. The fraction of sp³-hybridized carbons (Fsp3) is 0.615. The summed E-state index contributed by atoms with van der Waals surface area (Å²) in [6.45, 7) is 4.25. The van der Waals surface area contributed by atoms with E-state index < -0.39 is 0 Å². The quantitative estimate of drug-likeness (QED) is 0.585. The first kappa shape index (κ1) is 13.5. The zero-order valence-corrected chi connectivity index (χ0v) is 11.1. The third-order valence-corrected chi connectivity index (χ3v) is 3.38. The molecule has 0 aliphatic heterocycles. The molecule has 1 heterocycles.